The number of hydrogen-bond donors (Lipinski definition) is 0. The van der Waals surface area contributed by atoms with E-state index in [-0.39, 0.29) is 11.2 Å². The first-order valence-corrected chi connectivity index (χ1v) is 5.57. The van der Waals surface area contributed by atoms with Gasteiger partial charge in [0, 0.05) is 17.8 Å². The van der Waals surface area contributed by atoms with E-state index in [0.717, 1.165) is 19.3 Å². The molecule has 0 heterocycles. The maximum Gasteiger partial charge on any atom is 0.142 e. The number of Topliss-reactive ketones (excluding diaryl/α,β-unsaturated/α-hetero) is 2. The van der Waals surface area contributed by atoms with Crippen LogP contribution in [0.4, 0.5) is 0 Å². The van der Waals surface area contributed by atoms with Crippen LogP contribution in [0, 0.1) is 17.3 Å². The molecule has 0 aromatic carbocycles. The molecule has 2 aliphatic carbocycles. The van der Waals surface area contributed by atoms with Crippen LogP contribution in [-0.4, -0.2) is 11.6 Å². The molecule has 0 aromatic rings. The fraction of sp³-hybridized carbons (Fsp3) is 0.833. The van der Waals surface area contributed by atoms with E-state index in [1.807, 2.05) is 6.92 Å². The van der Waals surface area contributed by atoms with Crippen LogP contribution in [0.5, 0.6) is 0 Å². The van der Waals surface area contributed by atoms with Crippen molar-refractivity contribution in [3.8, 4) is 0 Å². The van der Waals surface area contributed by atoms with Crippen molar-refractivity contribution in [1.82, 2.24) is 0 Å². The van der Waals surface area contributed by atoms with E-state index in [9.17, 15) is 9.59 Å². The summed E-state index contributed by atoms with van der Waals surface area (Å²) in [5.41, 5.74) is -0.177. The summed E-state index contributed by atoms with van der Waals surface area (Å²) >= 11 is 0. The third-order valence-corrected chi connectivity index (χ3v) is 3.95. The molecule has 0 amide bonds. The minimum absolute atomic E-state index is 0.177. The van der Waals surface area contributed by atoms with Crippen molar-refractivity contribution in [2.24, 2.45) is 17.3 Å². The Morgan fingerprint density at radius 3 is 2.93 bits per heavy atom. The second kappa shape index (κ2) is 3.18. The van der Waals surface area contributed by atoms with Gasteiger partial charge in [-0.05, 0) is 38.5 Å². The van der Waals surface area contributed by atoms with Gasteiger partial charge in [0.15, 0.2) is 0 Å². The highest BCUT2D eigenvalue weighted by Gasteiger charge is 2.53. The van der Waals surface area contributed by atoms with Gasteiger partial charge in [-0.2, -0.15) is 0 Å². The first-order chi connectivity index (χ1) is 6.53. The van der Waals surface area contributed by atoms with Crippen LogP contribution in [0.1, 0.15) is 46.0 Å². The Kier molecular flexibility index (Phi) is 2.24. The van der Waals surface area contributed by atoms with Gasteiger partial charge in [0.2, 0.25) is 0 Å². The normalized spacial score (nSPS) is 40.6. The zero-order valence-corrected chi connectivity index (χ0v) is 9.01. The average Bonchev–Trinajstić information content (AvgIpc) is 2.89. The summed E-state index contributed by atoms with van der Waals surface area (Å²) in [5.74, 6) is 1.71. The lowest BCUT2D eigenvalue weighted by molar-refractivity contribution is -0.132. The predicted molar refractivity (Wildman–Crippen MR) is 53.9 cm³/mol. The van der Waals surface area contributed by atoms with Crippen LogP contribution in [0.25, 0.3) is 0 Å². The molecular formula is C12H18O2. The molecule has 2 fully saturated rings. The molecule has 3 atom stereocenters. The minimum atomic E-state index is -0.177. The second-order valence-corrected chi connectivity index (χ2v) is 5.27. The molecule has 78 valence electrons. The predicted octanol–water partition coefficient (Wildman–Crippen LogP) is 2.36. The van der Waals surface area contributed by atoms with Gasteiger partial charge < -0.3 is 4.79 Å². The maximum atomic E-state index is 12.0. The highest BCUT2D eigenvalue weighted by molar-refractivity contribution is 5.90. The summed E-state index contributed by atoms with van der Waals surface area (Å²) in [6.45, 7) is 3.66. The van der Waals surface area contributed by atoms with Crippen LogP contribution in [0.15, 0.2) is 0 Å². The largest absolute Gasteiger partial charge is 0.300 e. The quantitative estimate of drug-likeness (QED) is 0.691. The molecular weight excluding hydrogens is 176 g/mol. The number of carbonyl (C=O) groups excluding carboxylic acids is 2. The Morgan fingerprint density at radius 1 is 1.57 bits per heavy atom. The Balaban J connectivity index is 1.99. The van der Waals surface area contributed by atoms with Crippen LogP contribution in [0.3, 0.4) is 0 Å². The first kappa shape index (κ1) is 9.88. The van der Waals surface area contributed by atoms with Crippen molar-refractivity contribution in [3.05, 3.63) is 0 Å². The van der Waals surface area contributed by atoms with Crippen molar-refractivity contribution in [2.45, 2.75) is 46.0 Å². The van der Waals surface area contributed by atoms with Gasteiger partial charge in [-0.1, -0.05) is 6.92 Å². The standard InChI is InChI=1S/C12H18O2/c1-8(13)3-5-12(2)6-4-9-7-10(9)11(12)14/h9-10H,3-7H2,1-2H3/t9-,10+,12+/m1/s1. The smallest absolute Gasteiger partial charge is 0.142 e. The summed E-state index contributed by atoms with van der Waals surface area (Å²) in [7, 11) is 0. The third-order valence-electron chi connectivity index (χ3n) is 3.95. The molecule has 0 unspecified atom stereocenters. The zero-order valence-electron chi connectivity index (χ0n) is 9.01. The molecule has 2 heteroatoms. The van der Waals surface area contributed by atoms with Gasteiger partial charge in [-0.25, -0.2) is 0 Å². The molecule has 14 heavy (non-hydrogen) atoms. The molecule has 2 nitrogen and oxygen atoms in total. The lowest BCUT2D eigenvalue weighted by atomic mass is 9.71. The molecule has 2 rings (SSSR count). The van der Waals surface area contributed by atoms with E-state index in [2.05, 4.69) is 0 Å². The van der Waals surface area contributed by atoms with E-state index in [1.54, 1.807) is 6.92 Å². The van der Waals surface area contributed by atoms with Gasteiger partial charge in [-0.15, -0.1) is 0 Å². The second-order valence-electron chi connectivity index (χ2n) is 5.27. The Labute approximate surface area is 85.1 Å². The first-order valence-electron chi connectivity index (χ1n) is 5.57. The SMILES string of the molecule is CC(=O)CC[C@@]1(C)CC[C@@H]2C[C@@H]2C1=O. The van der Waals surface area contributed by atoms with Gasteiger partial charge in [-0.3, -0.25) is 4.79 Å². The highest BCUT2D eigenvalue weighted by Crippen LogP contribution is 2.54. The summed E-state index contributed by atoms with van der Waals surface area (Å²) < 4.78 is 0. The summed E-state index contributed by atoms with van der Waals surface area (Å²) in [6, 6.07) is 0. The van der Waals surface area contributed by atoms with Crippen LogP contribution in [0.2, 0.25) is 0 Å². The Hall–Kier alpha value is -0.660. The van der Waals surface area contributed by atoms with Gasteiger partial charge in [0.1, 0.15) is 11.6 Å². The molecule has 0 aliphatic heterocycles. The number of hydrogen-bond acceptors (Lipinski definition) is 2. The summed E-state index contributed by atoms with van der Waals surface area (Å²) in [4.78, 5) is 22.9. The van der Waals surface area contributed by atoms with Crippen molar-refractivity contribution >= 4 is 11.6 Å². The fourth-order valence-corrected chi connectivity index (χ4v) is 2.66. The molecule has 0 radical (unpaired) electrons. The van der Waals surface area contributed by atoms with Crippen molar-refractivity contribution in [1.29, 1.82) is 0 Å². The minimum Gasteiger partial charge on any atom is -0.300 e. The van der Waals surface area contributed by atoms with Crippen LogP contribution in [-0.2, 0) is 9.59 Å². The van der Waals surface area contributed by atoms with Gasteiger partial charge >= 0.3 is 0 Å². The molecule has 0 N–H and O–H groups in total. The fourth-order valence-electron chi connectivity index (χ4n) is 2.66. The molecule has 0 saturated heterocycles. The van der Waals surface area contributed by atoms with Crippen molar-refractivity contribution in [3.63, 3.8) is 0 Å². The zero-order chi connectivity index (χ0) is 10.3. The van der Waals surface area contributed by atoms with E-state index >= 15 is 0 Å². The topological polar surface area (TPSA) is 34.1 Å². The van der Waals surface area contributed by atoms with E-state index in [0.29, 0.717) is 24.0 Å². The summed E-state index contributed by atoms with van der Waals surface area (Å²) in [6.07, 6.45) is 4.66. The van der Waals surface area contributed by atoms with Gasteiger partial charge in [0.05, 0.1) is 0 Å². The average molecular weight is 194 g/mol. The summed E-state index contributed by atoms with van der Waals surface area (Å²) in [5, 5.41) is 0. The number of rotatable bonds is 3. The number of ketones is 2. The molecule has 0 spiro atoms. The third kappa shape index (κ3) is 1.62. The maximum absolute atomic E-state index is 12.0. The molecule has 2 aliphatic rings. The lowest BCUT2D eigenvalue weighted by Gasteiger charge is -2.31. The number of fused-ring (bicyclic) bond motifs is 1. The Bertz CT molecular complexity index is 282. The molecule has 2 saturated carbocycles. The molecule has 0 bridgehead atoms. The highest BCUT2D eigenvalue weighted by atomic mass is 16.1. The number of carbonyl (C=O) groups is 2. The van der Waals surface area contributed by atoms with Gasteiger partial charge in [0.25, 0.3) is 0 Å². The molecule has 0 aromatic heterocycles. The van der Waals surface area contributed by atoms with E-state index in [4.69, 9.17) is 0 Å². The monoisotopic (exact) mass is 194 g/mol. The Morgan fingerprint density at radius 2 is 2.29 bits per heavy atom. The van der Waals surface area contributed by atoms with Crippen molar-refractivity contribution in [2.75, 3.05) is 0 Å². The van der Waals surface area contributed by atoms with E-state index < -0.39 is 0 Å². The van der Waals surface area contributed by atoms with E-state index in [1.165, 1.54) is 6.42 Å². The lowest BCUT2D eigenvalue weighted by Crippen LogP contribution is -2.33. The van der Waals surface area contributed by atoms with Crippen LogP contribution >= 0.6 is 0 Å². The van der Waals surface area contributed by atoms with Crippen LogP contribution < -0.4 is 0 Å². The van der Waals surface area contributed by atoms with Crippen molar-refractivity contribution < 1.29 is 9.59 Å².